The fourth-order valence-corrected chi connectivity index (χ4v) is 2.20. The van der Waals surface area contributed by atoms with E-state index in [9.17, 15) is 14.7 Å². The van der Waals surface area contributed by atoms with Crippen LogP contribution in [0.1, 0.15) is 25.5 Å². The largest absolute Gasteiger partial charge is 0.497 e. The Bertz CT molecular complexity index is 509. The van der Waals surface area contributed by atoms with Crippen LogP contribution in [0.2, 0.25) is 0 Å². The number of hydrogen-bond donors (Lipinski definition) is 1. The Hall–Kier alpha value is -1.59. The van der Waals surface area contributed by atoms with E-state index in [1.807, 2.05) is 0 Å². The van der Waals surface area contributed by atoms with Crippen molar-refractivity contribution < 1.29 is 24.2 Å². The minimum atomic E-state index is -1.82. The summed E-state index contributed by atoms with van der Waals surface area (Å²) in [5, 5.41) is 10.3. The first-order valence-corrected chi connectivity index (χ1v) is 6.77. The number of esters is 1. The SMILES string of the molecule is COC(=O)[C@](C)(Cl)C(=O)[C@@H](C)[C@H](O)c1ccc(OC)cc1. The molecule has 21 heavy (non-hydrogen) atoms. The Morgan fingerprint density at radius 3 is 2.19 bits per heavy atom. The Balaban J connectivity index is 2.93. The predicted octanol–water partition coefficient (Wildman–Crippen LogP) is 2.10. The number of halogens is 1. The predicted molar refractivity (Wildman–Crippen MR) is 78.4 cm³/mol. The number of aliphatic hydroxyl groups excluding tert-OH is 1. The highest BCUT2D eigenvalue weighted by Gasteiger charge is 2.44. The lowest BCUT2D eigenvalue weighted by molar-refractivity contribution is -0.148. The van der Waals surface area contributed by atoms with Gasteiger partial charge in [0.2, 0.25) is 0 Å². The van der Waals surface area contributed by atoms with Crippen LogP contribution in [0.5, 0.6) is 5.75 Å². The van der Waals surface area contributed by atoms with Gasteiger partial charge in [-0.25, -0.2) is 4.79 Å². The summed E-state index contributed by atoms with van der Waals surface area (Å²) in [6.07, 6.45) is -1.08. The number of alkyl halides is 1. The molecule has 0 aliphatic carbocycles. The third-order valence-corrected chi connectivity index (χ3v) is 3.72. The van der Waals surface area contributed by atoms with Gasteiger partial charge in [-0.3, -0.25) is 4.79 Å². The van der Waals surface area contributed by atoms with Gasteiger partial charge in [-0.05, 0) is 24.6 Å². The van der Waals surface area contributed by atoms with Crippen molar-refractivity contribution in [2.75, 3.05) is 14.2 Å². The van der Waals surface area contributed by atoms with Crippen LogP contribution >= 0.6 is 11.6 Å². The normalized spacial score (nSPS) is 16.5. The molecule has 116 valence electrons. The van der Waals surface area contributed by atoms with Gasteiger partial charge in [-0.15, -0.1) is 0 Å². The van der Waals surface area contributed by atoms with E-state index in [1.165, 1.54) is 21.0 Å². The van der Waals surface area contributed by atoms with Crippen molar-refractivity contribution >= 4 is 23.4 Å². The lowest BCUT2D eigenvalue weighted by Gasteiger charge is -2.25. The summed E-state index contributed by atoms with van der Waals surface area (Å²) in [6, 6.07) is 6.65. The number of ketones is 1. The molecule has 0 spiro atoms. The summed E-state index contributed by atoms with van der Waals surface area (Å²) in [5.74, 6) is -1.66. The van der Waals surface area contributed by atoms with Crippen molar-refractivity contribution in [1.82, 2.24) is 0 Å². The van der Waals surface area contributed by atoms with Gasteiger partial charge in [0.25, 0.3) is 0 Å². The zero-order valence-corrected chi connectivity index (χ0v) is 13.2. The maximum absolute atomic E-state index is 12.3. The molecule has 0 aliphatic rings. The van der Waals surface area contributed by atoms with E-state index in [4.69, 9.17) is 16.3 Å². The first kappa shape index (κ1) is 17.5. The molecule has 0 radical (unpaired) electrons. The molecular formula is C15H19ClO5. The van der Waals surface area contributed by atoms with Gasteiger partial charge in [0, 0.05) is 5.92 Å². The molecule has 0 bridgehead atoms. The maximum Gasteiger partial charge on any atom is 0.334 e. The van der Waals surface area contributed by atoms with Crippen LogP contribution in [-0.2, 0) is 14.3 Å². The van der Waals surface area contributed by atoms with E-state index in [1.54, 1.807) is 24.3 Å². The molecule has 0 aromatic heterocycles. The second-order valence-electron chi connectivity index (χ2n) is 4.87. The van der Waals surface area contributed by atoms with Crippen molar-refractivity contribution in [1.29, 1.82) is 0 Å². The Labute approximate surface area is 128 Å². The van der Waals surface area contributed by atoms with Gasteiger partial charge < -0.3 is 14.6 Å². The monoisotopic (exact) mass is 314 g/mol. The van der Waals surface area contributed by atoms with Gasteiger partial charge >= 0.3 is 5.97 Å². The van der Waals surface area contributed by atoms with Gasteiger partial charge in [0.05, 0.1) is 20.3 Å². The molecule has 1 aromatic carbocycles. The smallest absolute Gasteiger partial charge is 0.334 e. The molecule has 0 fully saturated rings. The van der Waals surface area contributed by atoms with Crippen LogP contribution in [0.3, 0.4) is 0 Å². The number of rotatable bonds is 6. The number of carbonyl (C=O) groups excluding carboxylic acids is 2. The van der Waals surface area contributed by atoms with Crippen molar-refractivity contribution in [2.45, 2.75) is 24.8 Å². The zero-order valence-electron chi connectivity index (χ0n) is 12.4. The van der Waals surface area contributed by atoms with Gasteiger partial charge in [-0.1, -0.05) is 30.7 Å². The molecule has 1 N–H and O–H groups in total. The molecule has 0 unspecified atom stereocenters. The van der Waals surface area contributed by atoms with Crippen LogP contribution in [-0.4, -0.2) is 36.0 Å². The first-order chi connectivity index (χ1) is 9.75. The highest BCUT2D eigenvalue weighted by Crippen LogP contribution is 2.30. The zero-order chi connectivity index (χ0) is 16.2. The number of hydrogen-bond acceptors (Lipinski definition) is 5. The molecule has 0 aliphatic heterocycles. The molecule has 1 aromatic rings. The number of methoxy groups -OCH3 is 2. The van der Waals surface area contributed by atoms with Crippen LogP contribution in [0.15, 0.2) is 24.3 Å². The average molecular weight is 315 g/mol. The van der Waals surface area contributed by atoms with Crippen LogP contribution in [0.25, 0.3) is 0 Å². The topological polar surface area (TPSA) is 72.8 Å². The third kappa shape index (κ3) is 3.74. The van der Waals surface area contributed by atoms with Crippen molar-refractivity contribution in [3.63, 3.8) is 0 Å². The Kier molecular flexibility index (Phi) is 5.75. The molecule has 1 rings (SSSR count). The third-order valence-electron chi connectivity index (χ3n) is 3.38. The highest BCUT2D eigenvalue weighted by molar-refractivity contribution is 6.45. The fourth-order valence-electron chi connectivity index (χ4n) is 1.95. The average Bonchev–Trinajstić information content (AvgIpc) is 2.51. The number of ether oxygens (including phenoxy) is 2. The first-order valence-electron chi connectivity index (χ1n) is 6.39. The highest BCUT2D eigenvalue weighted by atomic mass is 35.5. The molecule has 0 amide bonds. The van der Waals surface area contributed by atoms with E-state index in [0.717, 1.165) is 7.11 Å². The molecule has 0 saturated carbocycles. The van der Waals surface area contributed by atoms with Crippen LogP contribution in [0, 0.1) is 5.92 Å². The molecular weight excluding hydrogens is 296 g/mol. The number of carbonyl (C=O) groups is 2. The van der Waals surface area contributed by atoms with E-state index < -0.39 is 28.6 Å². The van der Waals surface area contributed by atoms with E-state index in [-0.39, 0.29) is 0 Å². The minimum absolute atomic E-state index is 0.536. The minimum Gasteiger partial charge on any atom is -0.497 e. The lowest BCUT2D eigenvalue weighted by Crippen LogP contribution is -2.43. The van der Waals surface area contributed by atoms with Gasteiger partial charge in [-0.2, -0.15) is 0 Å². The molecule has 3 atom stereocenters. The van der Waals surface area contributed by atoms with Crippen molar-refractivity contribution in [3.05, 3.63) is 29.8 Å². The summed E-state index contributed by atoms with van der Waals surface area (Å²) >= 11 is 5.96. The Morgan fingerprint density at radius 2 is 1.76 bits per heavy atom. The van der Waals surface area contributed by atoms with Gasteiger partial charge in [0.15, 0.2) is 10.7 Å². The number of aliphatic hydroxyl groups is 1. The van der Waals surface area contributed by atoms with Crippen LogP contribution in [0.4, 0.5) is 0 Å². The maximum atomic E-state index is 12.3. The second kappa shape index (κ2) is 6.91. The molecule has 0 heterocycles. The summed E-state index contributed by atoms with van der Waals surface area (Å²) in [7, 11) is 2.69. The molecule has 0 saturated heterocycles. The summed E-state index contributed by atoms with van der Waals surface area (Å²) < 4.78 is 9.54. The van der Waals surface area contributed by atoms with Crippen molar-refractivity contribution in [3.8, 4) is 5.75 Å². The number of Topliss-reactive ketones (excluding diaryl/α,β-unsaturated/α-hetero) is 1. The summed E-state index contributed by atoms with van der Waals surface area (Å²) in [6.45, 7) is 2.78. The quantitative estimate of drug-likeness (QED) is 0.494. The number of benzene rings is 1. The van der Waals surface area contributed by atoms with Crippen molar-refractivity contribution in [2.24, 2.45) is 5.92 Å². The fraction of sp³-hybridized carbons (Fsp3) is 0.467. The van der Waals surface area contributed by atoms with Crippen LogP contribution < -0.4 is 4.74 Å². The van der Waals surface area contributed by atoms with Gasteiger partial charge in [0.1, 0.15) is 5.75 Å². The van der Waals surface area contributed by atoms with E-state index >= 15 is 0 Å². The summed E-state index contributed by atoms with van der Waals surface area (Å²) in [4.78, 5) is 22.0. The Morgan fingerprint density at radius 1 is 1.24 bits per heavy atom. The van der Waals surface area contributed by atoms with E-state index in [0.29, 0.717) is 11.3 Å². The standard InChI is InChI=1S/C15H19ClO5/c1-9(13(18)15(2,16)14(19)21-4)12(17)10-5-7-11(20-3)8-6-10/h5-9,12,17H,1-4H3/t9-,12-,15+/m0/s1. The second-order valence-corrected chi connectivity index (χ2v) is 5.62. The molecule has 5 nitrogen and oxygen atoms in total. The molecule has 6 heteroatoms. The lowest BCUT2D eigenvalue weighted by atomic mass is 9.87. The van der Waals surface area contributed by atoms with E-state index in [2.05, 4.69) is 4.74 Å². The summed E-state index contributed by atoms with van der Waals surface area (Å²) in [5.41, 5.74) is 0.536.